The summed E-state index contributed by atoms with van der Waals surface area (Å²) in [5.74, 6) is 0.554. The minimum Gasteiger partial charge on any atom is -0.349 e. The van der Waals surface area contributed by atoms with Gasteiger partial charge >= 0.3 is 0 Å². The van der Waals surface area contributed by atoms with Gasteiger partial charge in [-0.2, -0.15) is 0 Å². The fraction of sp³-hybridized carbons (Fsp3) is 0.278. The Labute approximate surface area is 120 Å². The van der Waals surface area contributed by atoms with Crippen LogP contribution in [0, 0.1) is 0 Å². The van der Waals surface area contributed by atoms with Crippen LogP contribution < -0.4 is 0 Å². The highest BCUT2D eigenvalue weighted by Gasteiger charge is 2.28. The molecule has 3 rings (SSSR count). The van der Waals surface area contributed by atoms with Gasteiger partial charge < -0.3 is 4.90 Å². The zero-order valence-corrected chi connectivity index (χ0v) is 12.0. The first-order chi connectivity index (χ1) is 9.68. The van der Waals surface area contributed by atoms with Crippen LogP contribution >= 0.6 is 0 Å². The van der Waals surface area contributed by atoms with Crippen molar-refractivity contribution in [3.63, 3.8) is 0 Å². The van der Waals surface area contributed by atoms with Crippen molar-refractivity contribution < 1.29 is 4.79 Å². The number of benzene rings is 2. The van der Waals surface area contributed by atoms with Crippen LogP contribution in [0.1, 0.15) is 29.9 Å². The molecule has 20 heavy (non-hydrogen) atoms. The Hall–Kier alpha value is -2.09. The van der Waals surface area contributed by atoms with Crippen molar-refractivity contribution in [1.29, 1.82) is 0 Å². The van der Waals surface area contributed by atoms with E-state index in [1.807, 2.05) is 14.1 Å². The number of carbonyl (C=O) groups excluding carboxylic acids is 1. The summed E-state index contributed by atoms with van der Waals surface area (Å²) >= 11 is 0. The predicted molar refractivity (Wildman–Crippen MR) is 81.6 cm³/mol. The van der Waals surface area contributed by atoms with E-state index >= 15 is 0 Å². The third-order valence-corrected chi connectivity index (χ3v) is 4.11. The first-order valence-corrected chi connectivity index (χ1v) is 7.07. The van der Waals surface area contributed by atoms with E-state index in [2.05, 4.69) is 48.5 Å². The molecule has 0 saturated carbocycles. The Kier molecular flexibility index (Phi) is 3.31. The zero-order valence-electron chi connectivity index (χ0n) is 12.0. The first-order valence-electron chi connectivity index (χ1n) is 7.07. The summed E-state index contributed by atoms with van der Waals surface area (Å²) in [5.41, 5.74) is 5.37. The number of hydrogen-bond donors (Lipinski definition) is 0. The molecular formula is C18H19NO. The van der Waals surface area contributed by atoms with Crippen molar-refractivity contribution in [3.8, 4) is 11.1 Å². The summed E-state index contributed by atoms with van der Waals surface area (Å²) in [4.78, 5) is 13.5. The summed E-state index contributed by atoms with van der Waals surface area (Å²) < 4.78 is 0. The molecule has 1 amide bonds. The second-order valence-corrected chi connectivity index (χ2v) is 5.55. The van der Waals surface area contributed by atoms with E-state index in [9.17, 15) is 4.79 Å². The van der Waals surface area contributed by atoms with E-state index in [1.165, 1.54) is 22.3 Å². The van der Waals surface area contributed by atoms with E-state index in [0.717, 1.165) is 6.42 Å². The second-order valence-electron chi connectivity index (χ2n) is 5.55. The fourth-order valence-electron chi connectivity index (χ4n) is 3.06. The van der Waals surface area contributed by atoms with Crippen LogP contribution in [0.2, 0.25) is 0 Å². The topological polar surface area (TPSA) is 20.3 Å². The minimum absolute atomic E-state index is 0.201. The summed E-state index contributed by atoms with van der Waals surface area (Å²) in [6.45, 7) is 0. The van der Waals surface area contributed by atoms with E-state index in [0.29, 0.717) is 12.3 Å². The van der Waals surface area contributed by atoms with E-state index in [4.69, 9.17) is 0 Å². The molecule has 0 spiro atoms. The van der Waals surface area contributed by atoms with Crippen LogP contribution in [-0.4, -0.2) is 24.9 Å². The third kappa shape index (κ3) is 2.11. The van der Waals surface area contributed by atoms with Gasteiger partial charge in [-0.1, -0.05) is 48.5 Å². The normalized spacial score (nSPS) is 12.9. The molecule has 0 radical (unpaired) electrons. The second kappa shape index (κ2) is 5.12. The molecule has 0 heterocycles. The average molecular weight is 265 g/mol. The fourth-order valence-corrected chi connectivity index (χ4v) is 3.06. The Bertz CT molecular complexity index is 600. The van der Waals surface area contributed by atoms with E-state index < -0.39 is 0 Å². The molecule has 0 aromatic heterocycles. The molecule has 2 aromatic carbocycles. The SMILES string of the molecule is CN(C)C(=O)CCC1c2ccccc2-c2ccccc21. The van der Waals surface area contributed by atoms with Gasteiger partial charge in [-0.3, -0.25) is 4.79 Å². The van der Waals surface area contributed by atoms with Crippen molar-refractivity contribution in [2.24, 2.45) is 0 Å². The van der Waals surface area contributed by atoms with Crippen LogP contribution in [-0.2, 0) is 4.79 Å². The van der Waals surface area contributed by atoms with Gasteiger partial charge in [-0.15, -0.1) is 0 Å². The largest absolute Gasteiger partial charge is 0.349 e. The highest BCUT2D eigenvalue weighted by Crippen LogP contribution is 2.46. The number of rotatable bonds is 3. The Morgan fingerprint density at radius 1 is 0.950 bits per heavy atom. The van der Waals surface area contributed by atoms with Crippen LogP contribution in [0.15, 0.2) is 48.5 Å². The monoisotopic (exact) mass is 265 g/mol. The predicted octanol–water partition coefficient (Wildman–Crippen LogP) is 3.67. The van der Waals surface area contributed by atoms with Gasteiger partial charge in [-0.05, 0) is 28.7 Å². The maximum atomic E-state index is 11.8. The Morgan fingerprint density at radius 3 is 1.95 bits per heavy atom. The van der Waals surface area contributed by atoms with Crippen LogP contribution in [0.25, 0.3) is 11.1 Å². The number of hydrogen-bond acceptors (Lipinski definition) is 1. The van der Waals surface area contributed by atoms with Crippen molar-refractivity contribution in [3.05, 3.63) is 59.7 Å². The smallest absolute Gasteiger partial charge is 0.222 e. The molecule has 1 aliphatic rings. The number of nitrogens with zero attached hydrogens (tertiary/aromatic N) is 1. The van der Waals surface area contributed by atoms with Crippen molar-refractivity contribution in [1.82, 2.24) is 4.90 Å². The quantitative estimate of drug-likeness (QED) is 0.829. The van der Waals surface area contributed by atoms with Crippen LogP contribution in [0.5, 0.6) is 0 Å². The summed E-state index contributed by atoms with van der Waals surface area (Å²) in [5, 5.41) is 0. The molecule has 2 nitrogen and oxygen atoms in total. The van der Waals surface area contributed by atoms with Gasteiger partial charge in [-0.25, -0.2) is 0 Å². The van der Waals surface area contributed by atoms with Crippen LogP contribution in [0.3, 0.4) is 0 Å². The zero-order chi connectivity index (χ0) is 14.1. The highest BCUT2D eigenvalue weighted by atomic mass is 16.2. The Morgan fingerprint density at radius 2 is 1.45 bits per heavy atom. The standard InChI is InChI=1S/C18H19NO/c1-19(2)18(20)12-11-17-15-9-5-3-7-13(15)14-8-4-6-10-16(14)17/h3-10,17H,11-12H2,1-2H3. The summed E-state index contributed by atoms with van der Waals surface area (Å²) in [6.07, 6.45) is 1.48. The summed E-state index contributed by atoms with van der Waals surface area (Å²) in [6, 6.07) is 17.1. The molecule has 102 valence electrons. The molecule has 1 aliphatic carbocycles. The van der Waals surface area contributed by atoms with Crippen molar-refractivity contribution >= 4 is 5.91 Å². The Balaban J connectivity index is 1.93. The van der Waals surface area contributed by atoms with E-state index in [-0.39, 0.29) is 5.91 Å². The summed E-state index contributed by atoms with van der Waals surface area (Å²) in [7, 11) is 3.64. The lowest BCUT2D eigenvalue weighted by Crippen LogP contribution is -2.21. The minimum atomic E-state index is 0.201. The number of fused-ring (bicyclic) bond motifs is 3. The van der Waals surface area contributed by atoms with Gasteiger partial charge in [0.05, 0.1) is 0 Å². The molecule has 2 aromatic rings. The molecule has 0 N–H and O–H groups in total. The van der Waals surface area contributed by atoms with Crippen LogP contribution in [0.4, 0.5) is 0 Å². The molecule has 0 unspecified atom stereocenters. The first kappa shape index (κ1) is 12.9. The lowest BCUT2D eigenvalue weighted by atomic mass is 9.92. The molecule has 0 saturated heterocycles. The van der Waals surface area contributed by atoms with Gasteiger partial charge in [0.25, 0.3) is 0 Å². The molecule has 0 bridgehead atoms. The number of carbonyl (C=O) groups is 1. The maximum absolute atomic E-state index is 11.8. The van der Waals surface area contributed by atoms with Gasteiger partial charge in [0.2, 0.25) is 5.91 Å². The van der Waals surface area contributed by atoms with Gasteiger partial charge in [0.1, 0.15) is 0 Å². The van der Waals surface area contributed by atoms with Crippen molar-refractivity contribution in [2.45, 2.75) is 18.8 Å². The molecule has 0 aliphatic heterocycles. The average Bonchev–Trinajstić information content (AvgIpc) is 2.79. The highest BCUT2D eigenvalue weighted by molar-refractivity contribution is 5.80. The van der Waals surface area contributed by atoms with Crippen molar-refractivity contribution in [2.75, 3.05) is 14.1 Å². The molecule has 0 atom stereocenters. The molecular weight excluding hydrogens is 246 g/mol. The van der Waals surface area contributed by atoms with E-state index in [1.54, 1.807) is 4.90 Å². The lowest BCUT2D eigenvalue weighted by Gasteiger charge is -2.15. The molecule has 0 fully saturated rings. The molecule has 2 heteroatoms. The van der Waals surface area contributed by atoms with Gasteiger partial charge in [0, 0.05) is 26.4 Å². The lowest BCUT2D eigenvalue weighted by molar-refractivity contribution is -0.128. The maximum Gasteiger partial charge on any atom is 0.222 e. The van der Waals surface area contributed by atoms with Gasteiger partial charge in [0.15, 0.2) is 0 Å². The third-order valence-electron chi connectivity index (χ3n) is 4.11. The number of amides is 1.